The first kappa shape index (κ1) is 22.9. The second-order valence-electron chi connectivity index (χ2n) is 7.76. The normalized spacial score (nSPS) is 13.2. The molecule has 1 aromatic carbocycles. The second kappa shape index (κ2) is 10.0. The number of nitrogens with two attached hydrogens (primary N) is 1. The number of anilines is 1. The van der Waals surface area contributed by atoms with E-state index in [1.165, 1.54) is 0 Å². The Bertz CT molecular complexity index is 1090. The molecule has 11 nitrogen and oxygen atoms in total. The Kier molecular flexibility index (Phi) is 7.18. The van der Waals surface area contributed by atoms with Crippen LogP contribution in [0.5, 0.6) is 5.75 Å². The van der Waals surface area contributed by atoms with E-state index < -0.39 is 5.91 Å². The second-order valence-corrected chi connectivity index (χ2v) is 7.76. The molecule has 11 heteroatoms. The highest BCUT2D eigenvalue weighted by molar-refractivity contribution is 5.95. The van der Waals surface area contributed by atoms with E-state index in [-0.39, 0.29) is 11.7 Å². The van der Waals surface area contributed by atoms with Crippen LogP contribution in [0.4, 0.5) is 5.69 Å². The third kappa shape index (κ3) is 5.68. The SMILES string of the molecule is CC(C)CCc1nc(C(N)=O)n[nH]1.Cc1nnc(-c2ccc3c(c2)N(C)C(=O)CCO3)o1. The van der Waals surface area contributed by atoms with Crippen LogP contribution < -0.4 is 15.4 Å². The number of rotatable bonds is 5. The number of amides is 2. The molecule has 0 atom stereocenters. The average Bonchev–Trinajstić information content (AvgIpc) is 3.38. The first-order valence-corrected chi connectivity index (χ1v) is 10.3. The predicted molar refractivity (Wildman–Crippen MR) is 116 cm³/mol. The Morgan fingerprint density at radius 1 is 1.31 bits per heavy atom. The Balaban J connectivity index is 0.000000195. The number of nitrogens with one attached hydrogen (secondary N) is 1. The van der Waals surface area contributed by atoms with Crippen molar-refractivity contribution in [2.45, 2.75) is 40.0 Å². The number of H-pyrrole nitrogens is 1. The summed E-state index contributed by atoms with van der Waals surface area (Å²) in [5, 5.41) is 14.1. The largest absolute Gasteiger partial charge is 0.491 e. The van der Waals surface area contributed by atoms with Crippen LogP contribution in [0, 0.1) is 12.8 Å². The van der Waals surface area contributed by atoms with Crippen molar-refractivity contribution in [3.8, 4) is 17.2 Å². The van der Waals surface area contributed by atoms with E-state index in [2.05, 4.69) is 39.2 Å². The molecule has 0 saturated heterocycles. The zero-order valence-corrected chi connectivity index (χ0v) is 18.6. The van der Waals surface area contributed by atoms with Crippen LogP contribution in [-0.2, 0) is 11.2 Å². The van der Waals surface area contributed by atoms with Gasteiger partial charge in [-0.1, -0.05) is 13.8 Å². The number of fused-ring (bicyclic) bond motifs is 1. The molecule has 0 spiro atoms. The summed E-state index contributed by atoms with van der Waals surface area (Å²) in [4.78, 5) is 28.0. The minimum Gasteiger partial charge on any atom is -0.491 e. The lowest BCUT2D eigenvalue weighted by molar-refractivity contribution is -0.118. The van der Waals surface area contributed by atoms with Crippen LogP contribution in [0.15, 0.2) is 22.6 Å². The fourth-order valence-electron chi connectivity index (χ4n) is 2.94. The molecule has 0 unspecified atom stereocenters. The minimum absolute atomic E-state index is 0.0256. The van der Waals surface area contributed by atoms with Gasteiger partial charge in [-0.15, -0.1) is 15.3 Å². The Labute approximate surface area is 185 Å². The standard InChI is InChI=1S/C13H13N3O3.C8H14N4O/c1-8-14-15-13(19-8)9-3-4-11-10(7-9)16(2)12(17)5-6-18-11;1-5(2)3-4-6-10-8(7(9)13)12-11-6/h3-4,7H,5-6H2,1-2H3;5H,3-4H2,1-2H3,(H2,9,13)(H,10,11,12). The maximum Gasteiger partial charge on any atom is 0.288 e. The predicted octanol–water partition coefficient (Wildman–Crippen LogP) is 2.28. The first-order chi connectivity index (χ1) is 15.2. The first-order valence-electron chi connectivity index (χ1n) is 10.3. The lowest BCUT2D eigenvalue weighted by Crippen LogP contribution is -2.25. The maximum atomic E-state index is 11.8. The number of nitrogens with zero attached hydrogens (tertiary/aromatic N) is 5. The molecule has 3 N–H and O–H groups in total. The van der Waals surface area contributed by atoms with Crippen LogP contribution in [0.1, 0.15) is 49.0 Å². The Morgan fingerprint density at radius 2 is 2.09 bits per heavy atom. The molecule has 2 aromatic heterocycles. The van der Waals surface area contributed by atoms with Crippen molar-refractivity contribution in [1.82, 2.24) is 25.4 Å². The van der Waals surface area contributed by atoms with Gasteiger partial charge in [0, 0.05) is 26.0 Å². The number of hydrogen-bond acceptors (Lipinski definition) is 8. The third-order valence-corrected chi connectivity index (χ3v) is 4.75. The number of hydrogen-bond donors (Lipinski definition) is 2. The van der Waals surface area contributed by atoms with E-state index in [1.54, 1.807) is 18.9 Å². The maximum absolute atomic E-state index is 11.8. The molecular weight excluding hydrogens is 414 g/mol. The van der Waals surface area contributed by atoms with Gasteiger partial charge in [0.15, 0.2) is 0 Å². The molecule has 3 aromatic rings. The van der Waals surface area contributed by atoms with Gasteiger partial charge < -0.3 is 19.8 Å². The number of primary amides is 1. The highest BCUT2D eigenvalue weighted by Gasteiger charge is 2.21. The number of ether oxygens (including phenoxy) is 1. The van der Waals surface area contributed by atoms with Gasteiger partial charge in [-0.05, 0) is 30.5 Å². The van der Waals surface area contributed by atoms with Crippen LogP contribution in [0.3, 0.4) is 0 Å². The molecule has 4 rings (SSSR count). The minimum atomic E-state index is -0.591. The van der Waals surface area contributed by atoms with E-state index in [1.807, 2.05) is 18.2 Å². The van der Waals surface area contributed by atoms with Crippen molar-refractivity contribution in [3.05, 3.63) is 35.7 Å². The Hall–Kier alpha value is -3.76. The van der Waals surface area contributed by atoms with Crippen molar-refractivity contribution in [3.63, 3.8) is 0 Å². The summed E-state index contributed by atoms with van der Waals surface area (Å²) in [6.07, 6.45) is 2.20. The summed E-state index contributed by atoms with van der Waals surface area (Å²) in [5.74, 6) is 2.47. The van der Waals surface area contributed by atoms with Gasteiger partial charge in [0.05, 0.1) is 18.7 Å². The summed E-state index contributed by atoms with van der Waals surface area (Å²) in [6.45, 7) is 6.39. The van der Waals surface area contributed by atoms with Gasteiger partial charge >= 0.3 is 0 Å². The molecular formula is C21H27N7O4. The molecule has 1 aliphatic heterocycles. The van der Waals surface area contributed by atoms with Gasteiger partial charge in [-0.25, -0.2) is 4.98 Å². The molecule has 0 saturated carbocycles. The fraction of sp³-hybridized carbons (Fsp3) is 0.429. The summed E-state index contributed by atoms with van der Waals surface area (Å²) in [6, 6.07) is 5.49. The molecule has 2 amide bonds. The molecule has 0 fully saturated rings. The highest BCUT2D eigenvalue weighted by Crippen LogP contribution is 2.34. The lowest BCUT2D eigenvalue weighted by Gasteiger charge is -2.16. The quantitative estimate of drug-likeness (QED) is 0.611. The summed E-state index contributed by atoms with van der Waals surface area (Å²) >= 11 is 0. The number of benzene rings is 1. The van der Waals surface area contributed by atoms with Crippen molar-refractivity contribution in [2.75, 3.05) is 18.6 Å². The smallest absolute Gasteiger partial charge is 0.288 e. The van der Waals surface area contributed by atoms with Crippen molar-refractivity contribution in [2.24, 2.45) is 11.7 Å². The molecule has 0 aliphatic carbocycles. The average molecular weight is 441 g/mol. The van der Waals surface area contributed by atoms with E-state index >= 15 is 0 Å². The van der Waals surface area contributed by atoms with Gasteiger partial charge in [-0.3, -0.25) is 14.7 Å². The molecule has 0 bridgehead atoms. The highest BCUT2D eigenvalue weighted by atomic mass is 16.5. The van der Waals surface area contributed by atoms with Crippen LogP contribution in [0.2, 0.25) is 0 Å². The molecule has 1 aliphatic rings. The lowest BCUT2D eigenvalue weighted by atomic mass is 10.1. The number of aromatic amines is 1. The van der Waals surface area contributed by atoms with Crippen LogP contribution in [-0.4, -0.2) is 50.8 Å². The van der Waals surface area contributed by atoms with Crippen LogP contribution in [0.25, 0.3) is 11.5 Å². The molecule has 3 heterocycles. The summed E-state index contributed by atoms with van der Waals surface area (Å²) in [7, 11) is 1.73. The van der Waals surface area contributed by atoms with Gasteiger partial charge in [0.1, 0.15) is 11.6 Å². The van der Waals surface area contributed by atoms with E-state index in [9.17, 15) is 9.59 Å². The summed E-state index contributed by atoms with van der Waals surface area (Å²) in [5.41, 5.74) is 6.49. The molecule has 32 heavy (non-hydrogen) atoms. The zero-order chi connectivity index (χ0) is 23.3. The zero-order valence-electron chi connectivity index (χ0n) is 18.6. The van der Waals surface area contributed by atoms with E-state index in [0.717, 1.165) is 29.9 Å². The van der Waals surface area contributed by atoms with Crippen molar-refractivity contribution >= 4 is 17.5 Å². The summed E-state index contributed by atoms with van der Waals surface area (Å²) < 4.78 is 10.9. The Morgan fingerprint density at radius 3 is 2.72 bits per heavy atom. The number of aromatic nitrogens is 5. The van der Waals surface area contributed by atoms with Gasteiger partial charge in [0.25, 0.3) is 5.91 Å². The topological polar surface area (TPSA) is 153 Å². The monoisotopic (exact) mass is 441 g/mol. The molecule has 0 radical (unpaired) electrons. The van der Waals surface area contributed by atoms with Crippen LogP contribution >= 0.6 is 0 Å². The number of carbonyl (C=O) groups excluding carboxylic acids is 2. The number of aryl methyl sites for hydroxylation is 2. The fourth-order valence-corrected chi connectivity index (χ4v) is 2.94. The van der Waals surface area contributed by atoms with Crippen molar-refractivity contribution < 1.29 is 18.7 Å². The van der Waals surface area contributed by atoms with E-state index in [4.69, 9.17) is 14.9 Å². The van der Waals surface area contributed by atoms with Gasteiger partial charge in [0.2, 0.25) is 23.5 Å². The number of carbonyl (C=O) groups is 2. The van der Waals surface area contributed by atoms with E-state index in [0.29, 0.717) is 36.5 Å². The van der Waals surface area contributed by atoms with Crippen molar-refractivity contribution in [1.29, 1.82) is 0 Å². The third-order valence-electron chi connectivity index (χ3n) is 4.75. The molecule has 170 valence electrons. The van der Waals surface area contributed by atoms with Gasteiger partial charge in [-0.2, -0.15) is 0 Å².